The van der Waals surface area contributed by atoms with Crippen molar-refractivity contribution in [3.8, 4) is 34.0 Å². The highest BCUT2D eigenvalue weighted by molar-refractivity contribution is 9.10. The van der Waals surface area contributed by atoms with E-state index in [0.29, 0.717) is 16.2 Å². The lowest BCUT2D eigenvalue weighted by Crippen LogP contribution is -2.68. The molecule has 4 aromatic rings. The van der Waals surface area contributed by atoms with Crippen LogP contribution in [-0.2, 0) is 0 Å². The molecule has 0 bridgehead atoms. The molecule has 148 valence electrons. The molecule has 0 aliphatic rings. The minimum Gasteiger partial charge on any atom is -0.440 e. The molecular weight excluding hydrogens is 464 g/mol. The zero-order chi connectivity index (χ0) is 20.9. The van der Waals surface area contributed by atoms with Crippen LogP contribution in [0.25, 0.3) is 34.0 Å². The van der Waals surface area contributed by atoms with Gasteiger partial charge in [0.25, 0.3) is 0 Å². The van der Waals surface area contributed by atoms with Crippen LogP contribution in [0.1, 0.15) is 0 Å². The standard InChI is InChI=1S/C21H14BrO2.ClHO4/c22-21-12-11-18(24-21)20-14-17(15-7-3-1-4-8-15)13-19(23-20)16-9-5-2-6-10-16;2-1(3,4)5/h1-14H;(H,2,3,4,5)/q+1;/p-1. The Morgan fingerprint density at radius 1 is 0.655 bits per heavy atom. The number of hydrogen-bond acceptors (Lipinski definition) is 5. The highest BCUT2D eigenvalue weighted by Crippen LogP contribution is 2.34. The number of furan rings is 1. The predicted molar refractivity (Wildman–Crippen MR) is 99.4 cm³/mol. The van der Waals surface area contributed by atoms with Crippen molar-refractivity contribution in [1.82, 2.24) is 0 Å². The summed E-state index contributed by atoms with van der Waals surface area (Å²) in [6.45, 7) is 0. The second-order valence-electron chi connectivity index (χ2n) is 5.79. The Hall–Kier alpha value is -2.52. The van der Waals surface area contributed by atoms with E-state index in [9.17, 15) is 0 Å². The van der Waals surface area contributed by atoms with Gasteiger partial charge in [0.2, 0.25) is 5.76 Å². The van der Waals surface area contributed by atoms with Gasteiger partial charge in [-0.2, -0.15) is 0 Å². The highest BCUT2D eigenvalue weighted by Gasteiger charge is 2.22. The Balaban J connectivity index is 0.000000431. The lowest BCUT2D eigenvalue weighted by Gasteiger charge is -2.17. The summed E-state index contributed by atoms with van der Waals surface area (Å²) in [6, 6.07) is 28.2. The Morgan fingerprint density at radius 3 is 1.69 bits per heavy atom. The molecule has 0 saturated heterocycles. The van der Waals surface area contributed by atoms with Crippen LogP contribution in [0.5, 0.6) is 0 Å². The quantitative estimate of drug-likeness (QED) is 0.417. The lowest BCUT2D eigenvalue weighted by molar-refractivity contribution is -2.00. The van der Waals surface area contributed by atoms with E-state index in [1.54, 1.807) is 0 Å². The smallest absolute Gasteiger partial charge is 0.396 e. The van der Waals surface area contributed by atoms with Crippen LogP contribution in [0.15, 0.2) is 98.4 Å². The Bertz CT molecular complexity index is 998. The van der Waals surface area contributed by atoms with Crippen molar-refractivity contribution in [2.45, 2.75) is 0 Å². The van der Waals surface area contributed by atoms with Gasteiger partial charge in [0.15, 0.2) is 4.67 Å². The molecule has 2 aromatic carbocycles. The maximum Gasteiger partial charge on any atom is 0.396 e. The van der Waals surface area contributed by atoms with Crippen LogP contribution in [0, 0.1) is 10.2 Å². The van der Waals surface area contributed by atoms with Crippen LogP contribution in [0.3, 0.4) is 0 Å². The molecule has 29 heavy (non-hydrogen) atoms. The van der Waals surface area contributed by atoms with Crippen molar-refractivity contribution in [3.05, 3.63) is 89.6 Å². The third kappa shape index (κ3) is 6.50. The van der Waals surface area contributed by atoms with Crippen LogP contribution >= 0.6 is 15.9 Å². The second kappa shape index (κ2) is 9.32. The summed E-state index contributed by atoms with van der Waals surface area (Å²) in [4.78, 5) is 0. The summed E-state index contributed by atoms with van der Waals surface area (Å²) in [5, 5.41) is 0. The average molecular weight is 478 g/mol. The van der Waals surface area contributed by atoms with Crippen molar-refractivity contribution >= 4 is 15.9 Å². The molecule has 0 N–H and O–H groups in total. The fraction of sp³-hybridized carbons (Fsp3) is 0. The van der Waals surface area contributed by atoms with Crippen LogP contribution < -0.4 is 18.6 Å². The molecule has 0 fully saturated rings. The van der Waals surface area contributed by atoms with E-state index in [4.69, 9.17) is 27.5 Å². The second-order valence-corrected chi connectivity index (χ2v) is 7.33. The first-order chi connectivity index (χ1) is 13.8. The monoisotopic (exact) mass is 476 g/mol. The topological polar surface area (TPSA) is 117 Å². The van der Waals surface area contributed by atoms with Gasteiger partial charge in [-0.25, -0.2) is 23.1 Å². The van der Waals surface area contributed by atoms with Gasteiger partial charge in [-0.3, -0.25) is 0 Å². The highest BCUT2D eigenvalue weighted by atomic mass is 79.9. The van der Waals surface area contributed by atoms with E-state index in [0.717, 1.165) is 22.5 Å². The molecule has 0 unspecified atom stereocenters. The lowest BCUT2D eigenvalue weighted by atomic mass is 10.0. The van der Waals surface area contributed by atoms with Gasteiger partial charge < -0.3 is 4.42 Å². The normalized spacial score (nSPS) is 10.9. The number of rotatable bonds is 3. The Morgan fingerprint density at radius 2 is 1.17 bits per heavy atom. The number of halogens is 2. The molecular formula is C21H14BrClO6. The van der Waals surface area contributed by atoms with E-state index in [-0.39, 0.29) is 0 Å². The van der Waals surface area contributed by atoms with Crippen molar-refractivity contribution in [2.75, 3.05) is 0 Å². The molecule has 0 amide bonds. The van der Waals surface area contributed by atoms with Crippen molar-refractivity contribution in [1.29, 1.82) is 0 Å². The van der Waals surface area contributed by atoms with Crippen molar-refractivity contribution in [2.24, 2.45) is 0 Å². The fourth-order valence-electron chi connectivity index (χ4n) is 2.61. The SMILES string of the molecule is Brc1ccc(-c2cc(-c3ccccc3)cc(-c3ccccc3)[o+]2)o1.[O-][Cl+3]([O-])([O-])[O-]. The van der Waals surface area contributed by atoms with Gasteiger partial charge in [-0.1, -0.05) is 48.5 Å². The van der Waals surface area contributed by atoms with Crippen molar-refractivity contribution < 1.29 is 37.7 Å². The summed E-state index contributed by atoms with van der Waals surface area (Å²) in [7, 11) is -4.94. The minimum atomic E-state index is -4.94. The largest absolute Gasteiger partial charge is 0.440 e. The summed E-state index contributed by atoms with van der Waals surface area (Å²) < 4.78 is 46.4. The van der Waals surface area contributed by atoms with Gasteiger partial charge in [0, 0.05) is 5.56 Å². The molecule has 0 saturated carbocycles. The molecule has 6 nitrogen and oxygen atoms in total. The third-order valence-corrected chi connectivity index (χ3v) is 4.20. The first kappa shape index (κ1) is 21.2. The molecule has 0 aliphatic heterocycles. The molecule has 0 atom stereocenters. The predicted octanol–water partition coefficient (Wildman–Crippen LogP) is 2.16. The molecule has 4 rings (SSSR count). The van der Waals surface area contributed by atoms with E-state index < -0.39 is 10.2 Å². The van der Waals surface area contributed by atoms with Gasteiger partial charge in [0.05, 0.1) is 17.7 Å². The molecule has 0 aliphatic carbocycles. The van der Waals surface area contributed by atoms with Crippen molar-refractivity contribution in [3.63, 3.8) is 0 Å². The average Bonchev–Trinajstić information content (AvgIpc) is 3.14. The molecule has 2 aromatic heterocycles. The molecule has 0 spiro atoms. The maximum absolute atomic E-state index is 8.49. The van der Waals surface area contributed by atoms with Crippen LogP contribution in [-0.4, -0.2) is 0 Å². The Labute approximate surface area is 177 Å². The van der Waals surface area contributed by atoms with E-state index >= 15 is 0 Å². The Kier molecular flexibility index (Phi) is 6.81. The summed E-state index contributed by atoms with van der Waals surface area (Å²) in [6.07, 6.45) is 0. The minimum absolute atomic E-state index is 0.680. The van der Waals surface area contributed by atoms with Gasteiger partial charge in [0.1, 0.15) is 0 Å². The summed E-state index contributed by atoms with van der Waals surface area (Å²) in [5.74, 6) is 2.19. The van der Waals surface area contributed by atoms with Crippen LogP contribution in [0.4, 0.5) is 0 Å². The van der Waals surface area contributed by atoms with Gasteiger partial charge >= 0.3 is 11.5 Å². The molecule has 8 heteroatoms. The van der Waals surface area contributed by atoms with E-state index in [2.05, 4.69) is 34.1 Å². The first-order valence-electron chi connectivity index (χ1n) is 8.26. The first-order valence-corrected chi connectivity index (χ1v) is 10.3. The van der Waals surface area contributed by atoms with Gasteiger partial charge in [-0.15, -0.1) is 10.2 Å². The van der Waals surface area contributed by atoms with E-state index in [1.807, 2.05) is 66.7 Å². The summed E-state index contributed by atoms with van der Waals surface area (Å²) >= 11 is 3.35. The van der Waals surface area contributed by atoms with Crippen LogP contribution in [0.2, 0.25) is 0 Å². The molecule has 2 heterocycles. The number of benzene rings is 2. The fourth-order valence-corrected chi connectivity index (χ4v) is 2.92. The zero-order valence-electron chi connectivity index (χ0n) is 14.8. The molecule has 0 radical (unpaired) electrons. The third-order valence-electron chi connectivity index (χ3n) is 3.77. The van der Waals surface area contributed by atoms with E-state index in [1.165, 1.54) is 0 Å². The number of hydrogen-bond donors (Lipinski definition) is 0. The zero-order valence-corrected chi connectivity index (χ0v) is 17.1. The maximum atomic E-state index is 8.49. The summed E-state index contributed by atoms with van der Waals surface area (Å²) in [5.41, 5.74) is 3.25. The van der Waals surface area contributed by atoms with Gasteiger partial charge in [-0.05, 0) is 45.8 Å².